The molecule has 0 aliphatic carbocycles. The van der Waals surface area contributed by atoms with Crippen LogP contribution in [-0.4, -0.2) is 39.9 Å². The summed E-state index contributed by atoms with van der Waals surface area (Å²) in [5, 5.41) is 5.49. The molecule has 0 bridgehead atoms. The summed E-state index contributed by atoms with van der Waals surface area (Å²) in [6.07, 6.45) is 5.53. The molecule has 2 aromatic rings. The van der Waals surface area contributed by atoms with Gasteiger partial charge in [-0.25, -0.2) is 4.79 Å². The van der Waals surface area contributed by atoms with Crippen LogP contribution in [0.4, 0.5) is 10.5 Å². The van der Waals surface area contributed by atoms with Crippen molar-refractivity contribution < 1.29 is 9.59 Å². The van der Waals surface area contributed by atoms with Crippen LogP contribution in [0.1, 0.15) is 41.5 Å². The lowest BCUT2D eigenvalue weighted by Gasteiger charge is -2.31. The van der Waals surface area contributed by atoms with Gasteiger partial charge in [-0.05, 0) is 49.9 Å². The number of carbonyl (C=O) groups is 2. The fraction of sp³-hybridized carbons (Fsp3) is 0.400. The van der Waals surface area contributed by atoms with Gasteiger partial charge < -0.3 is 15.5 Å². The molecular weight excluding hydrogens is 342 g/mol. The van der Waals surface area contributed by atoms with Gasteiger partial charge in [0.2, 0.25) is 0 Å². The number of nitrogens with zero attached hydrogens (tertiary/aromatic N) is 3. The molecule has 0 saturated carbocycles. The molecule has 3 rings (SSSR count). The number of urea groups is 1. The zero-order chi connectivity index (χ0) is 19.2. The summed E-state index contributed by atoms with van der Waals surface area (Å²) in [6.45, 7) is 5.95. The number of hydrogen-bond acceptors (Lipinski definition) is 4. The molecule has 7 nitrogen and oxygen atoms in total. The molecule has 27 heavy (non-hydrogen) atoms. The average molecular weight is 367 g/mol. The third-order valence-electron chi connectivity index (χ3n) is 4.60. The Morgan fingerprint density at radius 2 is 1.96 bits per heavy atom. The number of piperidine rings is 1. The number of rotatable bonds is 4. The van der Waals surface area contributed by atoms with E-state index in [9.17, 15) is 9.59 Å². The normalized spacial score (nSPS) is 16.7. The highest BCUT2D eigenvalue weighted by Crippen LogP contribution is 2.19. The smallest absolute Gasteiger partial charge is 0.319 e. The van der Waals surface area contributed by atoms with E-state index in [-0.39, 0.29) is 11.9 Å². The van der Waals surface area contributed by atoms with Crippen molar-refractivity contribution in [3.8, 4) is 0 Å². The maximum Gasteiger partial charge on any atom is 0.319 e. The quantitative estimate of drug-likeness (QED) is 0.870. The summed E-state index contributed by atoms with van der Waals surface area (Å²) in [4.78, 5) is 34.8. The van der Waals surface area contributed by atoms with E-state index < -0.39 is 0 Å². The predicted molar refractivity (Wildman–Crippen MR) is 103 cm³/mol. The van der Waals surface area contributed by atoms with Gasteiger partial charge >= 0.3 is 6.03 Å². The Kier molecular flexibility index (Phi) is 6.01. The molecule has 1 aromatic heterocycles. The second-order valence-corrected chi connectivity index (χ2v) is 7.03. The van der Waals surface area contributed by atoms with Gasteiger partial charge in [0.1, 0.15) is 0 Å². The molecule has 1 aliphatic heterocycles. The van der Waals surface area contributed by atoms with Crippen LogP contribution in [0.5, 0.6) is 0 Å². The highest BCUT2D eigenvalue weighted by Gasteiger charge is 2.21. The molecule has 2 heterocycles. The van der Waals surface area contributed by atoms with E-state index in [1.54, 1.807) is 36.7 Å². The summed E-state index contributed by atoms with van der Waals surface area (Å²) in [7, 11) is 0. The van der Waals surface area contributed by atoms with E-state index in [2.05, 4.69) is 27.5 Å². The van der Waals surface area contributed by atoms with E-state index >= 15 is 0 Å². The van der Waals surface area contributed by atoms with Gasteiger partial charge in [0, 0.05) is 30.5 Å². The van der Waals surface area contributed by atoms with Gasteiger partial charge in [0.15, 0.2) is 0 Å². The van der Waals surface area contributed by atoms with Crippen LogP contribution in [0.15, 0.2) is 36.7 Å². The fourth-order valence-corrected chi connectivity index (χ4v) is 3.11. The second kappa shape index (κ2) is 8.62. The van der Waals surface area contributed by atoms with E-state index in [1.807, 2.05) is 11.8 Å². The SMILES string of the molecule is Cc1cnc(CNC(=O)Nc2ccc(C(=O)N3CCC[C@@H](C)C3)cc2)cn1. The van der Waals surface area contributed by atoms with Crippen LogP contribution in [0.25, 0.3) is 0 Å². The van der Waals surface area contributed by atoms with E-state index in [1.165, 1.54) is 6.42 Å². The largest absolute Gasteiger partial charge is 0.338 e. The first-order valence-corrected chi connectivity index (χ1v) is 9.23. The van der Waals surface area contributed by atoms with E-state index in [4.69, 9.17) is 0 Å². The zero-order valence-electron chi connectivity index (χ0n) is 15.7. The summed E-state index contributed by atoms with van der Waals surface area (Å²) >= 11 is 0. The van der Waals surface area contributed by atoms with Crippen molar-refractivity contribution in [2.75, 3.05) is 18.4 Å². The van der Waals surface area contributed by atoms with Gasteiger partial charge in [-0.1, -0.05) is 6.92 Å². The van der Waals surface area contributed by atoms with Crippen LogP contribution < -0.4 is 10.6 Å². The lowest BCUT2D eigenvalue weighted by molar-refractivity contribution is 0.0683. The number of amides is 3. The van der Waals surface area contributed by atoms with Crippen LogP contribution in [-0.2, 0) is 6.54 Å². The third kappa shape index (κ3) is 5.26. The van der Waals surface area contributed by atoms with Gasteiger partial charge in [0.25, 0.3) is 5.91 Å². The van der Waals surface area contributed by atoms with Gasteiger partial charge in [-0.3, -0.25) is 14.8 Å². The van der Waals surface area contributed by atoms with E-state index in [0.717, 1.165) is 25.2 Å². The van der Waals surface area contributed by atoms with Crippen molar-refractivity contribution in [2.45, 2.75) is 33.2 Å². The maximum atomic E-state index is 12.6. The number of hydrogen-bond donors (Lipinski definition) is 2. The first-order valence-electron chi connectivity index (χ1n) is 9.23. The molecule has 1 atom stereocenters. The van der Waals surface area contributed by atoms with Crippen molar-refractivity contribution in [3.63, 3.8) is 0 Å². The number of aromatic nitrogens is 2. The van der Waals surface area contributed by atoms with Gasteiger partial charge in [-0.2, -0.15) is 0 Å². The maximum absolute atomic E-state index is 12.6. The predicted octanol–water partition coefficient (Wildman–Crippen LogP) is 2.98. The Balaban J connectivity index is 1.51. The minimum atomic E-state index is -0.332. The molecule has 0 unspecified atom stereocenters. The minimum Gasteiger partial charge on any atom is -0.338 e. The van der Waals surface area contributed by atoms with Crippen molar-refractivity contribution in [1.29, 1.82) is 0 Å². The number of anilines is 1. The first kappa shape index (κ1) is 18.8. The first-order chi connectivity index (χ1) is 13.0. The molecule has 3 amide bonds. The zero-order valence-corrected chi connectivity index (χ0v) is 15.7. The van der Waals surface area contributed by atoms with Crippen LogP contribution in [0.3, 0.4) is 0 Å². The van der Waals surface area contributed by atoms with E-state index in [0.29, 0.717) is 29.4 Å². The molecule has 0 spiro atoms. The van der Waals surface area contributed by atoms with Crippen LogP contribution >= 0.6 is 0 Å². The molecule has 1 saturated heterocycles. The number of nitrogens with one attached hydrogen (secondary N) is 2. The lowest BCUT2D eigenvalue weighted by atomic mass is 9.99. The highest BCUT2D eigenvalue weighted by molar-refractivity contribution is 5.95. The highest BCUT2D eigenvalue weighted by atomic mass is 16.2. The Labute approximate surface area is 159 Å². The van der Waals surface area contributed by atoms with Crippen LogP contribution in [0, 0.1) is 12.8 Å². The van der Waals surface area contributed by atoms with Gasteiger partial charge in [0.05, 0.1) is 24.1 Å². The third-order valence-corrected chi connectivity index (χ3v) is 4.60. The molecular formula is C20H25N5O2. The molecule has 0 radical (unpaired) electrons. The van der Waals surface area contributed by atoms with Crippen molar-refractivity contribution >= 4 is 17.6 Å². The fourth-order valence-electron chi connectivity index (χ4n) is 3.11. The van der Waals surface area contributed by atoms with Crippen molar-refractivity contribution in [2.24, 2.45) is 5.92 Å². The lowest BCUT2D eigenvalue weighted by Crippen LogP contribution is -2.39. The summed E-state index contributed by atoms with van der Waals surface area (Å²) < 4.78 is 0. The molecule has 7 heteroatoms. The van der Waals surface area contributed by atoms with Gasteiger partial charge in [-0.15, -0.1) is 0 Å². The van der Waals surface area contributed by atoms with Crippen LogP contribution in [0.2, 0.25) is 0 Å². The monoisotopic (exact) mass is 367 g/mol. The molecule has 1 aliphatic rings. The van der Waals surface area contributed by atoms with Crippen molar-refractivity contribution in [3.05, 3.63) is 53.6 Å². The minimum absolute atomic E-state index is 0.0514. The summed E-state index contributed by atoms with van der Waals surface area (Å²) in [5.41, 5.74) is 2.79. The number of carbonyl (C=O) groups excluding carboxylic acids is 2. The Morgan fingerprint density at radius 3 is 2.63 bits per heavy atom. The molecule has 1 fully saturated rings. The Morgan fingerprint density at radius 1 is 1.19 bits per heavy atom. The summed E-state index contributed by atoms with van der Waals surface area (Å²) in [5.74, 6) is 0.598. The number of aryl methyl sites for hydroxylation is 1. The molecule has 1 aromatic carbocycles. The summed E-state index contributed by atoms with van der Waals surface area (Å²) in [6, 6.07) is 6.66. The topological polar surface area (TPSA) is 87.2 Å². The molecule has 142 valence electrons. The number of benzene rings is 1. The Bertz CT molecular complexity index is 789. The second-order valence-electron chi connectivity index (χ2n) is 7.03. The Hall–Kier alpha value is -2.96. The number of likely N-dealkylation sites (tertiary alicyclic amines) is 1. The standard InChI is InChI=1S/C20H25N5O2/c1-14-4-3-9-25(13-14)19(26)16-5-7-17(8-6-16)24-20(27)23-12-18-11-21-15(2)10-22-18/h5-8,10-11,14H,3-4,9,12-13H2,1-2H3,(H2,23,24,27)/t14-/m1/s1. The van der Waals surface area contributed by atoms with Crippen molar-refractivity contribution in [1.82, 2.24) is 20.2 Å². The average Bonchev–Trinajstić information content (AvgIpc) is 2.67. The molecule has 2 N–H and O–H groups in total.